The summed E-state index contributed by atoms with van der Waals surface area (Å²) in [5.41, 5.74) is 5.96. The molecule has 34 heavy (non-hydrogen) atoms. The van der Waals surface area contributed by atoms with Crippen molar-refractivity contribution in [1.82, 2.24) is 14.9 Å². The van der Waals surface area contributed by atoms with Crippen LogP contribution in [0.5, 0.6) is 0 Å². The number of hydrogen-bond donors (Lipinski definition) is 2. The molecule has 2 heterocycles. The molecule has 1 unspecified atom stereocenters. The van der Waals surface area contributed by atoms with Crippen LogP contribution in [0.2, 0.25) is 0 Å². The molecule has 1 aromatic rings. The first-order chi connectivity index (χ1) is 16.2. The van der Waals surface area contributed by atoms with Gasteiger partial charge in [-0.05, 0) is 18.4 Å². The number of fused-ring (bicyclic) bond motifs is 1. The number of likely N-dealkylation sites (N-methyl/N-ethyl adjacent to an activating group) is 1. The highest BCUT2D eigenvalue weighted by atomic mass is 16.7. The fourth-order valence-electron chi connectivity index (χ4n) is 3.97. The molecule has 0 radical (unpaired) electrons. The third-order valence-electron chi connectivity index (χ3n) is 5.75. The monoisotopic (exact) mass is 476 g/mol. The van der Waals surface area contributed by atoms with Crippen LogP contribution in [0.1, 0.15) is 31.2 Å². The Labute approximate surface area is 196 Å². The second kappa shape index (κ2) is 11.0. The molecule has 12 heteroatoms. The highest BCUT2D eigenvalue weighted by Gasteiger charge is 2.48. The second-order valence-corrected chi connectivity index (χ2v) is 8.28. The second-order valence-electron chi connectivity index (χ2n) is 8.28. The van der Waals surface area contributed by atoms with Crippen molar-refractivity contribution in [3.8, 4) is 0 Å². The highest BCUT2D eigenvalue weighted by molar-refractivity contribution is 5.86. The summed E-state index contributed by atoms with van der Waals surface area (Å²) in [5, 5.41) is 9.96. The number of nitrogens with two attached hydrogens (primary N) is 1. The molecule has 2 aliphatic heterocycles. The van der Waals surface area contributed by atoms with Gasteiger partial charge in [-0.15, -0.1) is 0 Å². The molecular weight excluding hydrogens is 448 g/mol. The largest absolute Gasteiger partial charge is 0.481 e. The number of aliphatic carboxylic acids is 1. The topological polar surface area (TPSA) is 160 Å². The molecule has 3 atom stereocenters. The van der Waals surface area contributed by atoms with Crippen LogP contribution in [0.3, 0.4) is 0 Å². The summed E-state index contributed by atoms with van der Waals surface area (Å²) in [7, 11) is 1.51. The molecule has 0 aromatic heterocycles. The first kappa shape index (κ1) is 25.0. The molecule has 4 amide bonds. The Morgan fingerprint density at radius 3 is 2.44 bits per heavy atom. The number of benzene rings is 1. The highest BCUT2D eigenvalue weighted by Crippen LogP contribution is 2.28. The van der Waals surface area contributed by atoms with Gasteiger partial charge < -0.3 is 25.4 Å². The van der Waals surface area contributed by atoms with Crippen molar-refractivity contribution < 1.29 is 38.7 Å². The zero-order chi connectivity index (χ0) is 24.8. The standard InChI is InChI=1S/C22H28N4O8/c1-24-12-18-25(11-15(20(24)30)7-10-19(28)29)21(31)16(8-9-17(23)27)34-26(18)22(32)33-13-14-5-3-2-4-6-14/h2-6,15-16,18H,7-13H2,1H3,(H2,23,27)(H,28,29)/t15-,16-,18?/m1/s1. The predicted molar refractivity (Wildman–Crippen MR) is 115 cm³/mol. The van der Waals surface area contributed by atoms with Gasteiger partial charge in [-0.2, -0.15) is 5.06 Å². The summed E-state index contributed by atoms with van der Waals surface area (Å²) < 4.78 is 5.39. The van der Waals surface area contributed by atoms with Crippen LogP contribution in [-0.2, 0) is 35.4 Å². The normalized spacial score (nSPS) is 22.7. The Morgan fingerprint density at radius 2 is 1.79 bits per heavy atom. The van der Waals surface area contributed by atoms with Gasteiger partial charge in [-0.25, -0.2) is 4.79 Å². The third kappa shape index (κ3) is 6.01. The van der Waals surface area contributed by atoms with Gasteiger partial charge in [-0.3, -0.25) is 24.0 Å². The number of primary amides is 1. The lowest BCUT2D eigenvalue weighted by Gasteiger charge is -2.44. The smallest absolute Gasteiger partial charge is 0.436 e. The first-order valence-corrected chi connectivity index (χ1v) is 10.9. The van der Waals surface area contributed by atoms with E-state index < -0.39 is 42.1 Å². The van der Waals surface area contributed by atoms with E-state index in [0.717, 1.165) is 10.6 Å². The molecule has 2 aliphatic rings. The Morgan fingerprint density at radius 1 is 1.09 bits per heavy atom. The summed E-state index contributed by atoms with van der Waals surface area (Å²) in [6.45, 7) is -0.196. The van der Waals surface area contributed by atoms with Crippen molar-refractivity contribution in [1.29, 1.82) is 0 Å². The van der Waals surface area contributed by atoms with Crippen LogP contribution in [0, 0.1) is 5.92 Å². The lowest BCUT2D eigenvalue weighted by molar-refractivity contribution is -0.255. The van der Waals surface area contributed by atoms with Gasteiger partial charge in [0.05, 0.1) is 12.5 Å². The zero-order valence-electron chi connectivity index (χ0n) is 18.8. The van der Waals surface area contributed by atoms with E-state index in [4.69, 9.17) is 20.4 Å². The van der Waals surface area contributed by atoms with Crippen LogP contribution in [0.4, 0.5) is 4.79 Å². The first-order valence-electron chi connectivity index (χ1n) is 10.9. The molecule has 184 valence electrons. The van der Waals surface area contributed by atoms with Crippen LogP contribution in [0.15, 0.2) is 30.3 Å². The Balaban J connectivity index is 1.84. The van der Waals surface area contributed by atoms with Gasteiger partial charge in [0.1, 0.15) is 6.61 Å². The molecule has 0 aliphatic carbocycles. The van der Waals surface area contributed by atoms with Crippen molar-refractivity contribution >= 4 is 29.8 Å². The number of carboxylic acid groups (broad SMARTS) is 1. The van der Waals surface area contributed by atoms with Crippen molar-refractivity contribution in [2.75, 3.05) is 20.1 Å². The number of amides is 4. The summed E-state index contributed by atoms with van der Waals surface area (Å²) in [5.74, 6) is -3.32. The molecular formula is C22H28N4O8. The summed E-state index contributed by atoms with van der Waals surface area (Å²) in [4.78, 5) is 69.7. The maximum atomic E-state index is 13.2. The van der Waals surface area contributed by atoms with Crippen LogP contribution >= 0.6 is 0 Å². The molecule has 0 saturated carbocycles. The van der Waals surface area contributed by atoms with Crippen molar-refractivity contribution in [2.45, 2.75) is 44.6 Å². The van der Waals surface area contributed by atoms with E-state index in [0.29, 0.717) is 0 Å². The van der Waals surface area contributed by atoms with E-state index in [1.165, 1.54) is 16.8 Å². The number of nitrogens with zero attached hydrogens (tertiary/aromatic N) is 3. The van der Waals surface area contributed by atoms with E-state index in [9.17, 15) is 24.0 Å². The van der Waals surface area contributed by atoms with Gasteiger partial charge in [0, 0.05) is 26.4 Å². The fourth-order valence-corrected chi connectivity index (χ4v) is 3.97. The Kier molecular flexibility index (Phi) is 8.05. The SMILES string of the molecule is CN1CC2N(C[C@@H](CCC(=O)O)C1=O)C(=O)[C@@H](CCC(N)=O)ON2C(=O)OCc1ccccc1. The van der Waals surface area contributed by atoms with Crippen LogP contribution in [0.25, 0.3) is 0 Å². The summed E-state index contributed by atoms with van der Waals surface area (Å²) in [6, 6.07) is 8.97. The number of rotatable bonds is 8. The minimum Gasteiger partial charge on any atom is -0.481 e. The quantitative estimate of drug-likeness (QED) is 0.542. The average molecular weight is 476 g/mol. The van der Waals surface area contributed by atoms with E-state index in [1.54, 1.807) is 24.3 Å². The van der Waals surface area contributed by atoms with E-state index >= 15 is 0 Å². The number of hydroxylamine groups is 2. The van der Waals surface area contributed by atoms with Gasteiger partial charge in [0.2, 0.25) is 11.8 Å². The molecule has 3 N–H and O–H groups in total. The molecule has 2 saturated heterocycles. The third-order valence-corrected chi connectivity index (χ3v) is 5.75. The Hall–Kier alpha value is -3.67. The zero-order valence-corrected chi connectivity index (χ0v) is 18.8. The number of carbonyl (C=O) groups is 5. The minimum atomic E-state index is -1.19. The van der Waals surface area contributed by atoms with Crippen molar-refractivity contribution in [3.05, 3.63) is 35.9 Å². The number of hydrogen-bond acceptors (Lipinski definition) is 7. The number of carboxylic acids is 1. The summed E-state index contributed by atoms with van der Waals surface area (Å²) >= 11 is 0. The van der Waals surface area contributed by atoms with Gasteiger partial charge >= 0.3 is 12.1 Å². The molecule has 3 rings (SSSR count). The molecule has 0 spiro atoms. The number of ether oxygens (including phenoxy) is 1. The fraction of sp³-hybridized carbons (Fsp3) is 0.500. The molecule has 0 bridgehead atoms. The van der Waals surface area contributed by atoms with Gasteiger partial charge in [-0.1, -0.05) is 30.3 Å². The lowest BCUT2D eigenvalue weighted by atomic mass is 10.0. The van der Waals surface area contributed by atoms with E-state index in [-0.39, 0.29) is 51.3 Å². The van der Waals surface area contributed by atoms with Gasteiger partial charge in [0.15, 0.2) is 12.3 Å². The maximum Gasteiger partial charge on any atom is 0.436 e. The molecule has 2 fully saturated rings. The molecule has 12 nitrogen and oxygen atoms in total. The van der Waals surface area contributed by atoms with Crippen molar-refractivity contribution in [2.24, 2.45) is 11.7 Å². The number of carbonyl (C=O) groups excluding carboxylic acids is 4. The van der Waals surface area contributed by atoms with Gasteiger partial charge in [0.25, 0.3) is 5.91 Å². The predicted octanol–water partition coefficient (Wildman–Crippen LogP) is 0.312. The Bertz CT molecular complexity index is 940. The maximum absolute atomic E-state index is 13.2. The van der Waals surface area contributed by atoms with Crippen LogP contribution < -0.4 is 5.73 Å². The average Bonchev–Trinajstić information content (AvgIpc) is 2.93. The lowest BCUT2D eigenvalue weighted by Crippen LogP contribution is -2.64. The van der Waals surface area contributed by atoms with E-state index in [1.807, 2.05) is 6.07 Å². The summed E-state index contributed by atoms with van der Waals surface area (Å²) in [6.07, 6.45) is -3.47. The van der Waals surface area contributed by atoms with Crippen LogP contribution in [-0.4, -0.2) is 82.2 Å². The minimum absolute atomic E-state index is 0.0280. The molecule has 1 aromatic carbocycles. The van der Waals surface area contributed by atoms with Crippen molar-refractivity contribution in [3.63, 3.8) is 0 Å². The van der Waals surface area contributed by atoms with E-state index in [2.05, 4.69) is 0 Å².